The van der Waals surface area contributed by atoms with Crippen LogP contribution in [0.3, 0.4) is 0 Å². The molecule has 0 radical (unpaired) electrons. The molecule has 1 saturated heterocycles. The Morgan fingerprint density at radius 1 is 1.38 bits per heavy atom. The third-order valence-corrected chi connectivity index (χ3v) is 2.97. The molecule has 4 heteroatoms. The summed E-state index contributed by atoms with van der Waals surface area (Å²) in [6.07, 6.45) is 0.861. The van der Waals surface area contributed by atoms with Crippen LogP contribution < -0.4 is 5.32 Å². The van der Waals surface area contributed by atoms with Gasteiger partial charge in [0.05, 0.1) is 6.61 Å². The minimum Gasteiger partial charge on any atom is -0.380 e. The lowest BCUT2D eigenvalue weighted by atomic mass is 9.96. The summed E-state index contributed by atoms with van der Waals surface area (Å²) in [5.74, 6) is -0.626. The van der Waals surface area contributed by atoms with Crippen LogP contribution in [0, 0.1) is 11.6 Å². The minimum atomic E-state index is -0.384. The first-order valence-electron chi connectivity index (χ1n) is 5.40. The van der Waals surface area contributed by atoms with Crippen LogP contribution in [0.15, 0.2) is 12.1 Å². The zero-order valence-electron chi connectivity index (χ0n) is 9.22. The van der Waals surface area contributed by atoms with Gasteiger partial charge in [0, 0.05) is 25.1 Å². The molecule has 0 bridgehead atoms. The predicted octanol–water partition coefficient (Wildman–Crippen LogP) is 2.19. The van der Waals surface area contributed by atoms with Crippen molar-refractivity contribution in [1.29, 1.82) is 0 Å². The Bertz CT molecular complexity index is 376. The number of hydrogen-bond donors (Lipinski definition) is 1. The Morgan fingerprint density at radius 2 is 2.19 bits per heavy atom. The molecule has 1 aliphatic rings. The highest BCUT2D eigenvalue weighted by molar-refractivity contribution is 5.29. The van der Waals surface area contributed by atoms with Crippen LogP contribution in [0.1, 0.15) is 23.5 Å². The molecule has 2 rings (SSSR count). The van der Waals surface area contributed by atoms with Crippen LogP contribution in [0.5, 0.6) is 0 Å². The Hall–Kier alpha value is -1.00. The molecule has 1 unspecified atom stereocenters. The summed E-state index contributed by atoms with van der Waals surface area (Å²) in [5, 5.41) is 3.14. The zero-order valence-corrected chi connectivity index (χ0v) is 9.22. The lowest BCUT2D eigenvalue weighted by Gasteiger charge is -2.12. The summed E-state index contributed by atoms with van der Waals surface area (Å²) in [6.45, 7) is 1.69. The topological polar surface area (TPSA) is 21.3 Å². The molecule has 0 aliphatic carbocycles. The van der Waals surface area contributed by atoms with Gasteiger partial charge in [-0.05, 0) is 30.7 Å². The van der Waals surface area contributed by atoms with Crippen LogP contribution >= 0.6 is 0 Å². The van der Waals surface area contributed by atoms with E-state index in [2.05, 4.69) is 5.32 Å². The maximum Gasteiger partial charge on any atom is 0.129 e. The number of nitrogens with one attached hydrogen (secondary N) is 1. The van der Waals surface area contributed by atoms with E-state index < -0.39 is 0 Å². The summed E-state index contributed by atoms with van der Waals surface area (Å²) < 4.78 is 32.2. The van der Waals surface area contributed by atoms with E-state index in [0.717, 1.165) is 19.5 Å². The van der Waals surface area contributed by atoms with E-state index in [1.807, 2.05) is 0 Å². The third-order valence-electron chi connectivity index (χ3n) is 2.97. The predicted molar refractivity (Wildman–Crippen MR) is 57.3 cm³/mol. The van der Waals surface area contributed by atoms with Gasteiger partial charge < -0.3 is 10.1 Å². The molecule has 1 aromatic carbocycles. The van der Waals surface area contributed by atoms with Gasteiger partial charge >= 0.3 is 0 Å². The molecule has 1 fully saturated rings. The van der Waals surface area contributed by atoms with E-state index in [4.69, 9.17) is 4.74 Å². The van der Waals surface area contributed by atoms with Gasteiger partial charge in [-0.3, -0.25) is 0 Å². The molecule has 0 spiro atoms. The number of hydrogen-bond acceptors (Lipinski definition) is 2. The van der Waals surface area contributed by atoms with Crippen LogP contribution in [-0.4, -0.2) is 20.2 Å². The molecule has 1 aromatic rings. The van der Waals surface area contributed by atoms with Crippen molar-refractivity contribution < 1.29 is 13.5 Å². The maximum atomic E-state index is 13.8. The van der Waals surface area contributed by atoms with Crippen molar-refractivity contribution in [3.8, 4) is 0 Å². The smallest absolute Gasteiger partial charge is 0.129 e. The van der Waals surface area contributed by atoms with Crippen molar-refractivity contribution in [3.63, 3.8) is 0 Å². The molecule has 1 N–H and O–H groups in total. The first-order valence-corrected chi connectivity index (χ1v) is 5.40. The van der Waals surface area contributed by atoms with Gasteiger partial charge in [-0.25, -0.2) is 8.78 Å². The molecule has 0 saturated carbocycles. The van der Waals surface area contributed by atoms with Crippen molar-refractivity contribution >= 4 is 0 Å². The molecule has 0 aromatic heterocycles. The fourth-order valence-corrected chi connectivity index (χ4v) is 2.10. The molecule has 1 atom stereocenters. The highest BCUT2D eigenvalue weighted by Gasteiger charge is 2.21. The van der Waals surface area contributed by atoms with Crippen molar-refractivity contribution in [3.05, 3.63) is 34.9 Å². The summed E-state index contributed by atoms with van der Waals surface area (Å²) in [6, 6.07) is 2.55. The number of halogens is 2. The molecule has 0 amide bonds. The molecular weight excluding hydrogens is 212 g/mol. The normalized spacial score (nSPS) is 20.3. The van der Waals surface area contributed by atoms with E-state index in [0.29, 0.717) is 5.56 Å². The number of ether oxygens (including phenoxy) is 1. The standard InChI is InChI=1S/C12H15F2NO/c1-16-7-9-4-12(14)10(5-11(9)13)8-2-3-15-6-8/h4-5,8,15H,2-3,6-7H2,1H3. The van der Waals surface area contributed by atoms with Gasteiger partial charge in [0.1, 0.15) is 11.6 Å². The van der Waals surface area contributed by atoms with Gasteiger partial charge in [-0.1, -0.05) is 0 Å². The monoisotopic (exact) mass is 227 g/mol. The fourth-order valence-electron chi connectivity index (χ4n) is 2.10. The quantitative estimate of drug-likeness (QED) is 0.854. The van der Waals surface area contributed by atoms with Gasteiger partial charge in [-0.15, -0.1) is 0 Å². The van der Waals surface area contributed by atoms with Gasteiger partial charge in [0.15, 0.2) is 0 Å². The Labute approximate surface area is 93.6 Å². The number of benzene rings is 1. The first-order chi connectivity index (χ1) is 7.72. The van der Waals surface area contributed by atoms with Gasteiger partial charge in [0.25, 0.3) is 0 Å². The van der Waals surface area contributed by atoms with E-state index in [9.17, 15) is 8.78 Å². The lowest BCUT2D eigenvalue weighted by molar-refractivity contribution is 0.181. The van der Waals surface area contributed by atoms with Crippen LogP contribution in [0.2, 0.25) is 0 Å². The van der Waals surface area contributed by atoms with Gasteiger partial charge in [-0.2, -0.15) is 0 Å². The Kier molecular flexibility index (Phi) is 3.51. The van der Waals surface area contributed by atoms with Crippen molar-refractivity contribution in [2.24, 2.45) is 0 Å². The maximum absolute atomic E-state index is 13.8. The highest BCUT2D eigenvalue weighted by Crippen LogP contribution is 2.27. The fraction of sp³-hybridized carbons (Fsp3) is 0.500. The van der Waals surface area contributed by atoms with Crippen molar-refractivity contribution in [2.75, 3.05) is 20.2 Å². The summed E-state index contributed by atoms with van der Waals surface area (Å²) in [7, 11) is 1.46. The van der Waals surface area contributed by atoms with Gasteiger partial charge in [0.2, 0.25) is 0 Å². The summed E-state index contributed by atoms with van der Waals surface area (Å²) >= 11 is 0. The van der Waals surface area contributed by atoms with E-state index in [-0.39, 0.29) is 29.7 Å². The second kappa shape index (κ2) is 4.89. The second-order valence-electron chi connectivity index (χ2n) is 4.09. The second-order valence-corrected chi connectivity index (χ2v) is 4.09. The van der Waals surface area contributed by atoms with Crippen LogP contribution in [0.25, 0.3) is 0 Å². The minimum absolute atomic E-state index is 0.0890. The molecule has 16 heavy (non-hydrogen) atoms. The van der Waals surface area contributed by atoms with E-state index in [1.165, 1.54) is 19.2 Å². The van der Waals surface area contributed by atoms with E-state index in [1.54, 1.807) is 0 Å². The molecule has 2 nitrogen and oxygen atoms in total. The molecular formula is C12H15F2NO. The van der Waals surface area contributed by atoms with E-state index >= 15 is 0 Å². The third kappa shape index (κ3) is 2.23. The van der Waals surface area contributed by atoms with Crippen molar-refractivity contribution in [2.45, 2.75) is 18.9 Å². The average molecular weight is 227 g/mol. The summed E-state index contributed by atoms with van der Waals surface area (Å²) in [5.41, 5.74) is 0.747. The molecule has 1 heterocycles. The van der Waals surface area contributed by atoms with Crippen LogP contribution in [-0.2, 0) is 11.3 Å². The molecule has 1 aliphatic heterocycles. The first kappa shape index (κ1) is 11.5. The van der Waals surface area contributed by atoms with Crippen molar-refractivity contribution in [1.82, 2.24) is 5.32 Å². The Morgan fingerprint density at radius 3 is 2.81 bits per heavy atom. The Balaban J connectivity index is 2.29. The number of methoxy groups -OCH3 is 1. The SMILES string of the molecule is COCc1cc(F)c(C2CCNC2)cc1F. The largest absolute Gasteiger partial charge is 0.380 e. The average Bonchev–Trinajstić information content (AvgIpc) is 2.76. The number of rotatable bonds is 3. The van der Waals surface area contributed by atoms with Crippen LogP contribution in [0.4, 0.5) is 8.78 Å². The lowest BCUT2D eigenvalue weighted by Crippen LogP contribution is -2.10. The zero-order chi connectivity index (χ0) is 11.5. The summed E-state index contributed by atoms with van der Waals surface area (Å²) in [4.78, 5) is 0. The molecule has 88 valence electrons. The highest BCUT2D eigenvalue weighted by atomic mass is 19.1.